The molecule has 1 saturated carbocycles. The monoisotopic (exact) mass is 341 g/mol. The Morgan fingerprint density at radius 2 is 1.68 bits per heavy atom. The van der Waals surface area contributed by atoms with E-state index < -0.39 is 0 Å². The first kappa shape index (κ1) is 16.2. The molecule has 1 N–H and O–H groups in total. The second kappa shape index (κ2) is 6.93. The van der Waals surface area contributed by atoms with E-state index in [1.54, 1.807) is 17.2 Å². The van der Waals surface area contributed by atoms with Crippen molar-refractivity contribution in [1.29, 1.82) is 0 Å². The molecule has 1 amide bonds. The second-order valence-electron chi connectivity index (χ2n) is 6.81. The van der Waals surface area contributed by atoms with Gasteiger partial charge in [0.25, 0.3) is 5.91 Å². The summed E-state index contributed by atoms with van der Waals surface area (Å²) >= 11 is 0. The van der Waals surface area contributed by atoms with Crippen LogP contribution < -0.4 is 0 Å². The van der Waals surface area contributed by atoms with Crippen LogP contribution in [0.3, 0.4) is 0 Å². The van der Waals surface area contributed by atoms with Crippen molar-refractivity contribution in [1.82, 2.24) is 24.6 Å². The van der Waals surface area contributed by atoms with Crippen molar-refractivity contribution in [3.05, 3.63) is 42.5 Å². The predicted octanol–water partition coefficient (Wildman–Crippen LogP) is 0.938. The Labute approximate surface area is 146 Å². The number of aliphatic hydroxyl groups excluding tert-OH is 1. The molecule has 0 radical (unpaired) electrons. The van der Waals surface area contributed by atoms with Gasteiger partial charge in [0.15, 0.2) is 0 Å². The Morgan fingerprint density at radius 1 is 1.00 bits per heavy atom. The fourth-order valence-corrected chi connectivity index (χ4v) is 3.90. The summed E-state index contributed by atoms with van der Waals surface area (Å²) in [7, 11) is 0. The van der Waals surface area contributed by atoms with Crippen molar-refractivity contribution in [3.8, 4) is 5.69 Å². The van der Waals surface area contributed by atoms with Crippen molar-refractivity contribution in [2.24, 2.45) is 0 Å². The lowest BCUT2D eigenvalue weighted by Gasteiger charge is -2.39. The average molecular weight is 341 g/mol. The van der Waals surface area contributed by atoms with E-state index in [0.717, 1.165) is 51.1 Å². The highest BCUT2D eigenvalue weighted by Gasteiger charge is 2.33. The molecule has 132 valence electrons. The zero-order valence-corrected chi connectivity index (χ0v) is 14.2. The minimum absolute atomic E-state index is 0.0712. The Kier molecular flexibility index (Phi) is 4.50. The maximum absolute atomic E-state index is 12.7. The highest BCUT2D eigenvalue weighted by Crippen LogP contribution is 2.25. The van der Waals surface area contributed by atoms with E-state index in [1.165, 1.54) is 0 Å². The molecule has 2 aliphatic rings. The lowest BCUT2D eigenvalue weighted by molar-refractivity contribution is 0.0315. The fraction of sp³-hybridized carbons (Fsp3) is 0.500. The molecule has 0 unspecified atom stereocenters. The molecule has 1 aliphatic heterocycles. The van der Waals surface area contributed by atoms with E-state index in [2.05, 4.69) is 15.1 Å². The van der Waals surface area contributed by atoms with E-state index in [0.29, 0.717) is 5.56 Å². The summed E-state index contributed by atoms with van der Waals surface area (Å²) in [6, 6.07) is 7.79. The maximum Gasteiger partial charge on any atom is 0.253 e. The van der Waals surface area contributed by atoms with Crippen LogP contribution in [0.2, 0.25) is 0 Å². The van der Waals surface area contributed by atoms with Crippen LogP contribution in [-0.4, -0.2) is 73.9 Å². The van der Waals surface area contributed by atoms with E-state index in [-0.39, 0.29) is 18.1 Å². The molecule has 0 spiro atoms. The van der Waals surface area contributed by atoms with Crippen molar-refractivity contribution < 1.29 is 9.90 Å². The van der Waals surface area contributed by atoms with Crippen LogP contribution >= 0.6 is 0 Å². The number of amides is 1. The Balaban J connectivity index is 1.37. The third kappa shape index (κ3) is 3.29. The number of nitrogens with zero attached hydrogens (tertiary/aromatic N) is 5. The van der Waals surface area contributed by atoms with Gasteiger partial charge in [-0.1, -0.05) is 0 Å². The minimum atomic E-state index is -0.201. The summed E-state index contributed by atoms with van der Waals surface area (Å²) in [5.74, 6) is 0.0712. The summed E-state index contributed by atoms with van der Waals surface area (Å²) in [5, 5.41) is 17.6. The lowest BCUT2D eigenvalue weighted by Crippen LogP contribution is -2.53. The zero-order valence-electron chi connectivity index (χ0n) is 14.2. The molecule has 4 rings (SSSR count). The van der Waals surface area contributed by atoms with Crippen LogP contribution in [0.1, 0.15) is 29.6 Å². The van der Waals surface area contributed by atoms with E-state index in [4.69, 9.17) is 0 Å². The SMILES string of the molecule is O=C(c1ccc(-n2cnnc2)cc1)N1CCN([C@@H]2CCC[C@H]2O)CC1. The van der Waals surface area contributed by atoms with E-state index in [1.807, 2.05) is 29.2 Å². The average Bonchev–Trinajstić information content (AvgIpc) is 3.33. The van der Waals surface area contributed by atoms with E-state index in [9.17, 15) is 9.90 Å². The van der Waals surface area contributed by atoms with Gasteiger partial charge in [0.1, 0.15) is 12.7 Å². The zero-order chi connectivity index (χ0) is 17.2. The quantitative estimate of drug-likeness (QED) is 0.899. The fourth-order valence-electron chi connectivity index (χ4n) is 3.90. The summed E-state index contributed by atoms with van der Waals surface area (Å²) in [5.41, 5.74) is 1.63. The smallest absolute Gasteiger partial charge is 0.253 e. The number of carbonyl (C=O) groups is 1. The third-order valence-electron chi connectivity index (χ3n) is 5.35. The second-order valence-corrected chi connectivity index (χ2v) is 6.81. The largest absolute Gasteiger partial charge is 0.391 e. The van der Waals surface area contributed by atoms with Crippen molar-refractivity contribution in [3.63, 3.8) is 0 Å². The number of hydrogen-bond acceptors (Lipinski definition) is 5. The summed E-state index contributed by atoms with van der Waals surface area (Å²) in [6.45, 7) is 3.11. The number of aliphatic hydroxyl groups is 1. The summed E-state index contributed by atoms with van der Waals surface area (Å²) < 4.78 is 1.81. The van der Waals surface area contributed by atoms with Gasteiger partial charge in [-0.15, -0.1) is 10.2 Å². The van der Waals surface area contributed by atoms with Crippen LogP contribution in [0.4, 0.5) is 0 Å². The first-order chi connectivity index (χ1) is 12.2. The van der Waals surface area contributed by atoms with Crippen molar-refractivity contribution >= 4 is 5.91 Å². The van der Waals surface area contributed by atoms with Gasteiger partial charge in [0.05, 0.1) is 6.10 Å². The number of piperazine rings is 1. The molecule has 0 bridgehead atoms. The molecule has 2 aromatic rings. The maximum atomic E-state index is 12.7. The van der Waals surface area contributed by atoms with Gasteiger partial charge in [-0.25, -0.2) is 0 Å². The predicted molar refractivity (Wildman–Crippen MR) is 92.5 cm³/mol. The molecular formula is C18H23N5O2. The number of benzene rings is 1. The molecule has 1 aliphatic carbocycles. The molecule has 7 nitrogen and oxygen atoms in total. The van der Waals surface area contributed by atoms with Crippen LogP contribution in [0.25, 0.3) is 5.69 Å². The Bertz CT molecular complexity index is 708. The first-order valence-corrected chi connectivity index (χ1v) is 8.89. The molecule has 2 fully saturated rings. The highest BCUT2D eigenvalue weighted by molar-refractivity contribution is 5.94. The van der Waals surface area contributed by atoms with Crippen LogP contribution in [0.5, 0.6) is 0 Å². The Hall–Kier alpha value is -2.25. The van der Waals surface area contributed by atoms with Gasteiger partial charge < -0.3 is 10.0 Å². The first-order valence-electron chi connectivity index (χ1n) is 8.89. The number of aromatic nitrogens is 3. The van der Waals surface area contributed by atoms with Crippen LogP contribution in [-0.2, 0) is 0 Å². The number of carbonyl (C=O) groups excluding carboxylic acids is 1. The minimum Gasteiger partial charge on any atom is -0.391 e. The molecule has 7 heteroatoms. The standard InChI is InChI=1S/C18H23N5O2/c24-17-3-1-2-16(17)21-8-10-22(11-9-21)18(25)14-4-6-15(7-5-14)23-12-19-20-13-23/h4-7,12-13,16-17,24H,1-3,8-11H2/t16-,17-/m1/s1. The van der Waals surface area contributed by atoms with E-state index >= 15 is 0 Å². The van der Waals surface area contributed by atoms with Gasteiger partial charge in [-0.3, -0.25) is 14.3 Å². The van der Waals surface area contributed by atoms with Gasteiger partial charge in [0, 0.05) is 43.5 Å². The molecular weight excluding hydrogens is 318 g/mol. The van der Waals surface area contributed by atoms with Crippen LogP contribution in [0, 0.1) is 0 Å². The van der Waals surface area contributed by atoms with Gasteiger partial charge >= 0.3 is 0 Å². The topological polar surface area (TPSA) is 74.5 Å². The summed E-state index contributed by atoms with van der Waals surface area (Å²) in [6.07, 6.45) is 6.14. The van der Waals surface area contributed by atoms with Crippen molar-refractivity contribution in [2.45, 2.75) is 31.4 Å². The molecule has 1 saturated heterocycles. The normalized spacial score (nSPS) is 24.6. The molecule has 1 aromatic carbocycles. The molecule has 2 atom stereocenters. The highest BCUT2D eigenvalue weighted by atomic mass is 16.3. The van der Waals surface area contributed by atoms with Gasteiger partial charge in [-0.2, -0.15) is 0 Å². The number of hydrogen-bond donors (Lipinski definition) is 1. The van der Waals surface area contributed by atoms with Crippen LogP contribution in [0.15, 0.2) is 36.9 Å². The lowest BCUT2D eigenvalue weighted by atomic mass is 10.1. The summed E-state index contributed by atoms with van der Waals surface area (Å²) in [4.78, 5) is 17.0. The van der Waals surface area contributed by atoms with Gasteiger partial charge in [-0.05, 0) is 43.5 Å². The number of rotatable bonds is 3. The Morgan fingerprint density at radius 3 is 2.28 bits per heavy atom. The molecule has 2 heterocycles. The van der Waals surface area contributed by atoms with Crippen molar-refractivity contribution in [2.75, 3.05) is 26.2 Å². The molecule has 1 aromatic heterocycles. The third-order valence-corrected chi connectivity index (χ3v) is 5.35. The van der Waals surface area contributed by atoms with Gasteiger partial charge in [0.2, 0.25) is 0 Å². The molecule has 25 heavy (non-hydrogen) atoms.